The maximum atomic E-state index is 12.9. The number of nitrogens with one attached hydrogen (secondary N) is 2. The molecule has 0 fully saturated rings. The van der Waals surface area contributed by atoms with E-state index < -0.39 is 11.8 Å². The molecule has 4 aromatic rings. The van der Waals surface area contributed by atoms with Crippen molar-refractivity contribution in [3.8, 4) is 5.75 Å². The van der Waals surface area contributed by atoms with E-state index in [2.05, 4.69) is 16.0 Å². The number of carbonyl (C=O) groups is 2. The van der Waals surface area contributed by atoms with Crippen molar-refractivity contribution < 1.29 is 14.3 Å². The third-order valence-corrected chi connectivity index (χ3v) is 5.18. The normalized spacial score (nSPS) is 10.9. The van der Waals surface area contributed by atoms with Crippen LogP contribution in [0.4, 0.5) is 0 Å². The molecule has 0 spiro atoms. The van der Waals surface area contributed by atoms with Gasteiger partial charge in [-0.15, -0.1) is 0 Å². The second-order valence-electron chi connectivity index (χ2n) is 7.62. The van der Waals surface area contributed by atoms with E-state index >= 15 is 0 Å². The Morgan fingerprint density at radius 3 is 2.31 bits per heavy atom. The summed E-state index contributed by atoms with van der Waals surface area (Å²) in [6.45, 7) is 2.69. The summed E-state index contributed by atoms with van der Waals surface area (Å²) >= 11 is 0. The van der Waals surface area contributed by atoms with Crippen molar-refractivity contribution in [2.45, 2.75) is 13.5 Å². The van der Waals surface area contributed by atoms with Crippen molar-refractivity contribution in [3.63, 3.8) is 0 Å². The maximum Gasteiger partial charge on any atom is 0.290 e. The molecule has 8 heteroatoms. The van der Waals surface area contributed by atoms with Gasteiger partial charge in [0.25, 0.3) is 17.4 Å². The van der Waals surface area contributed by atoms with Gasteiger partial charge < -0.3 is 4.74 Å². The Balaban J connectivity index is 1.49. The average Bonchev–Trinajstić information content (AvgIpc) is 2.89. The molecule has 8 nitrogen and oxygen atoms in total. The number of amides is 2. The Hall–Kier alpha value is -4.72. The van der Waals surface area contributed by atoms with E-state index in [1.165, 1.54) is 10.8 Å². The molecule has 0 bridgehead atoms. The van der Waals surface area contributed by atoms with Crippen LogP contribution in [0, 0.1) is 0 Å². The van der Waals surface area contributed by atoms with Gasteiger partial charge in [0, 0.05) is 11.5 Å². The molecule has 0 unspecified atom stereocenters. The fraction of sp³-hybridized carbons (Fsp3) is 0.111. The Kier molecular flexibility index (Phi) is 7.32. The molecule has 35 heavy (non-hydrogen) atoms. The molecule has 3 aromatic carbocycles. The van der Waals surface area contributed by atoms with Gasteiger partial charge >= 0.3 is 0 Å². The number of hydrogen-bond donors (Lipinski definition) is 2. The third kappa shape index (κ3) is 5.80. The van der Waals surface area contributed by atoms with Crippen LogP contribution in [0.2, 0.25) is 0 Å². The highest BCUT2D eigenvalue weighted by molar-refractivity contribution is 6.05. The molecule has 1 heterocycles. The number of fused-ring (bicyclic) bond motifs is 1. The molecular formula is C27H24N4O4. The van der Waals surface area contributed by atoms with Crippen molar-refractivity contribution in [1.82, 2.24) is 20.6 Å². The Bertz CT molecular complexity index is 1430. The first-order valence-electron chi connectivity index (χ1n) is 11.1. The predicted molar refractivity (Wildman–Crippen MR) is 134 cm³/mol. The zero-order chi connectivity index (χ0) is 24.6. The van der Waals surface area contributed by atoms with E-state index in [1.807, 2.05) is 61.5 Å². The molecule has 1 aromatic heterocycles. The molecule has 0 saturated heterocycles. The molecule has 0 saturated carbocycles. The minimum atomic E-state index is -0.633. The third-order valence-electron chi connectivity index (χ3n) is 5.18. The number of hydrogen-bond acceptors (Lipinski definition) is 5. The molecule has 0 radical (unpaired) electrons. The van der Waals surface area contributed by atoms with Gasteiger partial charge in [0.15, 0.2) is 5.69 Å². The molecule has 0 aliphatic carbocycles. The molecule has 2 N–H and O–H groups in total. The van der Waals surface area contributed by atoms with Gasteiger partial charge in [-0.25, -0.2) is 4.68 Å². The number of hydrazine groups is 1. The van der Waals surface area contributed by atoms with Crippen LogP contribution >= 0.6 is 0 Å². The van der Waals surface area contributed by atoms with E-state index in [0.717, 1.165) is 16.9 Å². The lowest BCUT2D eigenvalue weighted by Gasteiger charge is -2.11. The first-order valence-corrected chi connectivity index (χ1v) is 11.1. The number of nitrogens with zero attached hydrogens (tertiary/aromatic N) is 2. The van der Waals surface area contributed by atoms with Crippen LogP contribution in [-0.2, 0) is 11.3 Å². The maximum absolute atomic E-state index is 12.9. The zero-order valence-corrected chi connectivity index (χ0v) is 19.1. The number of carbonyl (C=O) groups excluding carboxylic acids is 2. The highest BCUT2D eigenvalue weighted by Crippen LogP contribution is 2.14. The number of aromatic nitrogens is 2. The van der Waals surface area contributed by atoms with Crippen molar-refractivity contribution in [2.24, 2.45) is 0 Å². The van der Waals surface area contributed by atoms with E-state index in [0.29, 0.717) is 17.4 Å². The summed E-state index contributed by atoms with van der Waals surface area (Å²) in [5.74, 6) is -0.408. The van der Waals surface area contributed by atoms with Crippen LogP contribution in [-0.4, -0.2) is 28.2 Å². The monoisotopic (exact) mass is 468 g/mol. The Labute approximate surface area is 201 Å². The van der Waals surface area contributed by atoms with Crippen molar-refractivity contribution in [3.05, 3.63) is 112 Å². The summed E-state index contributed by atoms with van der Waals surface area (Å²) in [6.07, 6.45) is 2.92. The molecule has 0 atom stereocenters. The number of benzene rings is 3. The van der Waals surface area contributed by atoms with Crippen LogP contribution in [0.5, 0.6) is 5.75 Å². The number of rotatable bonds is 7. The topological polar surface area (TPSA) is 102 Å². The summed E-state index contributed by atoms with van der Waals surface area (Å²) in [5.41, 5.74) is 6.13. The smallest absolute Gasteiger partial charge is 0.290 e. The fourth-order valence-corrected chi connectivity index (χ4v) is 3.50. The van der Waals surface area contributed by atoms with E-state index in [9.17, 15) is 14.4 Å². The van der Waals surface area contributed by atoms with Crippen molar-refractivity contribution >= 4 is 28.7 Å². The largest absolute Gasteiger partial charge is 0.494 e. The van der Waals surface area contributed by atoms with Gasteiger partial charge in [-0.3, -0.25) is 25.2 Å². The van der Waals surface area contributed by atoms with Crippen LogP contribution in [0.1, 0.15) is 28.5 Å². The first kappa shape index (κ1) is 23.4. The van der Waals surface area contributed by atoms with Gasteiger partial charge in [-0.05, 0) is 42.3 Å². The Morgan fingerprint density at radius 2 is 1.60 bits per heavy atom. The summed E-state index contributed by atoms with van der Waals surface area (Å²) < 4.78 is 6.65. The molecular weight excluding hydrogens is 444 g/mol. The van der Waals surface area contributed by atoms with Gasteiger partial charge in [0.1, 0.15) is 5.75 Å². The molecule has 176 valence electrons. The quantitative estimate of drug-likeness (QED) is 0.320. The average molecular weight is 469 g/mol. The standard InChI is InChI=1S/C27H24N4O4/c1-2-35-21-15-12-19(13-16-21)14-17-24(32)28-29-26(33)25-22-10-6-7-11-23(22)27(34)31(30-25)18-20-8-4-3-5-9-20/h3-17H,2,18H2,1H3,(H,28,32)(H,29,33)/b17-14+. The minimum absolute atomic E-state index is 0.0342. The van der Waals surface area contributed by atoms with Crippen LogP contribution in [0.3, 0.4) is 0 Å². The SMILES string of the molecule is CCOc1ccc(/C=C/C(=O)NNC(=O)c2nn(Cc3ccccc3)c(=O)c3ccccc23)cc1. The van der Waals surface area contributed by atoms with Gasteiger partial charge in [0.2, 0.25) is 0 Å². The molecule has 4 rings (SSSR count). The van der Waals surface area contributed by atoms with Crippen LogP contribution < -0.4 is 21.1 Å². The second-order valence-corrected chi connectivity index (χ2v) is 7.62. The van der Waals surface area contributed by atoms with E-state index in [4.69, 9.17) is 4.74 Å². The Morgan fingerprint density at radius 1 is 0.914 bits per heavy atom. The van der Waals surface area contributed by atoms with Crippen LogP contribution in [0.25, 0.3) is 16.8 Å². The molecule has 2 amide bonds. The summed E-state index contributed by atoms with van der Waals surface area (Å²) in [6, 6.07) is 23.4. The van der Waals surface area contributed by atoms with Crippen molar-refractivity contribution in [2.75, 3.05) is 6.61 Å². The molecule has 0 aliphatic rings. The van der Waals surface area contributed by atoms with Crippen molar-refractivity contribution in [1.29, 1.82) is 0 Å². The first-order chi connectivity index (χ1) is 17.0. The van der Waals surface area contributed by atoms with E-state index in [-0.39, 0.29) is 17.8 Å². The lowest BCUT2D eigenvalue weighted by Crippen LogP contribution is -2.42. The highest BCUT2D eigenvalue weighted by Gasteiger charge is 2.17. The minimum Gasteiger partial charge on any atom is -0.494 e. The van der Waals surface area contributed by atoms with Crippen LogP contribution in [0.15, 0.2) is 89.7 Å². The lowest BCUT2D eigenvalue weighted by molar-refractivity contribution is -0.117. The summed E-state index contributed by atoms with van der Waals surface area (Å²) in [7, 11) is 0. The van der Waals surface area contributed by atoms with Gasteiger partial charge in [0.05, 0.1) is 18.5 Å². The number of ether oxygens (including phenoxy) is 1. The summed E-state index contributed by atoms with van der Waals surface area (Å²) in [4.78, 5) is 38.1. The zero-order valence-electron chi connectivity index (χ0n) is 19.1. The summed E-state index contributed by atoms with van der Waals surface area (Å²) in [5, 5.41) is 5.07. The highest BCUT2D eigenvalue weighted by atomic mass is 16.5. The second kappa shape index (κ2) is 10.9. The fourth-order valence-electron chi connectivity index (χ4n) is 3.50. The van der Waals surface area contributed by atoms with Gasteiger partial charge in [-0.1, -0.05) is 60.7 Å². The van der Waals surface area contributed by atoms with E-state index in [1.54, 1.807) is 30.3 Å². The molecule has 0 aliphatic heterocycles. The lowest BCUT2D eigenvalue weighted by atomic mass is 10.1. The predicted octanol–water partition coefficient (Wildman–Crippen LogP) is 3.32. The van der Waals surface area contributed by atoms with Gasteiger partial charge in [-0.2, -0.15) is 5.10 Å².